The van der Waals surface area contributed by atoms with Gasteiger partial charge in [0.15, 0.2) is 0 Å². The number of hydrogen-bond acceptors (Lipinski definition) is 0. The van der Waals surface area contributed by atoms with Crippen LogP contribution in [-0.2, 0) is 6.42 Å². The van der Waals surface area contributed by atoms with Crippen molar-refractivity contribution in [3.8, 4) is 5.63 Å². The van der Waals surface area contributed by atoms with E-state index in [2.05, 4.69) is 26.5 Å². The Labute approximate surface area is 57.4 Å². The third kappa shape index (κ3) is 2.01. The maximum absolute atomic E-state index is 3.88. The minimum absolute atomic E-state index is 0.823. The molecule has 1 aromatic carbocycles. The van der Waals surface area contributed by atoms with Gasteiger partial charge in [0, 0.05) is 0 Å². The average Bonchev–Trinajstić information content (AvgIpc) is 1.91. The van der Waals surface area contributed by atoms with E-state index in [0.717, 1.165) is 6.42 Å². The summed E-state index contributed by atoms with van der Waals surface area (Å²) in [7, 11) is 3.88. The monoisotopic (exact) mass is 134 g/mol. The van der Waals surface area contributed by atoms with Crippen LogP contribution in [0.2, 0.25) is 0 Å². The normalized spacial score (nSPS) is 8.33. The van der Waals surface area contributed by atoms with Gasteiger partial charge in [0.25, 0.3) is 0 Å². The van der Waals surface area contributed by atoms with E-state index < -0.39 is 0 Å². The van der Waals surface area contributed by atoms with Crippen LogP contribution >= 0.6 is 8.70 Å². The van der Waals surface area contributed by atoms with Gasteiger partial charge in [-0.25, -0.2) is 0 Å². The third-order valence-electron chi connectivity index (χ3n) is 1.13. The molecular weight excluding hydrogens is 127 g/mol. The zero-order valence-corrected chi connectivity index (χ0v) is 5.94. The van der Waals surface area contributed by atoms with Crippen LogP contribution in [0, 0.1) is 5.63 Å². The molecule has 0 aliphatic heterocycles. The molecule has 0 aliphatic rings. The van der Waals surface area contributed by atoms with Crippen molar-refractivity contribution in [1.82, 2.24) is 0 Å². The number of benzene rings is 1. The van der Waals surface area contributed by atoms with Gasteiger partial charge in [-0.15, -0.1) is 0 Å². The summed E-state index contributed by atoms with van der Waals surface area (Å²) < 4.78 is 0. The van der Waals surface area contributed by atoms with Crippen LogP contribution in [0.4, 0.5) is 0 Å². The second-order valence-electron chi connectivity index (χ2n) is 1.82. The first kappa shape index (κ1) is 6.55. The van der Waals surface area contributed by atoms with Crippen LogP contribution in [-0.4, -0.2) is 0 Å². The second-order valence-corrected chi connectivity index (χ2v) is 2.14. The topological polar surface area (TPSA) is 0 Å². The van der Waals surface area contributed by atoms with E-state index in [0.29, 0.717) is 0 Å². The van der Waals surface area contributed by atoms with Crippen LogP contribution in [0.3, 0.4) is 0 Å². The zero-order valence-electron chi connectivity index (χ0n) is 5.04. The SMILES string of the molecule is P#CCc1ccccc1. The Morgan fingerprint density at radius 2 is 1.89 bits per heavy atom. The molecular formula is C8H7P. The van der Waals surface area contributed by atoms with Crippen molar-refractivity contribution in [3.63, 3.8) is 0 Å². The Morgan fingerprint density at radius 1 is 1.22 bits per heavy atom. The second kappa shape index (κ2) is 3.45. The summed E-state index contributed by atoms with van der Waals surface area (Å²) in [6, 6.07) is 10.1. The van der Waals surface area contributed by atoms with Crippen molar-refractivity contribution in [2.75, 3.05) is 0 Å². The van der Waals surface area contributed by atoms with E-state index in [4.69, 9.17) is 0 Å². The summed E-state index contributed by atoms with van der Waals surface area (Å²) in [6.45, 7) is 0. The molecule has 0 N–H and O–H groups in total. The van der Waals surface area contributed by atoms with E-state index in [1.54, 1.807) is 0 Å². The predicted molar refractivity (Wildman–Crippen MR) is 41.0 cm³/mol. The fourth-order valence-corrected chi connectivity index (χ4v) is 0.870. The van der Waals surface area contributed by atoms with Gasteiger partial charge in [0.05, 0.1) is 0 Å². The number of rotatable bonds is 1. The van der Waals surface area contributed by atoms with Crippen molar-refractivity contribution in [1.29, 1.82) is 0 Å². The van der Waals surface area contributed by atoms with Gasteiger partial charge in [0.2, 0.25) is 0 Å². The van der Waals surface area contributed by atoms with Crippen LogP contribution in [0.1, 0.15) is 5.56 Å². The average molecular weight is 134 g/mol. The molecule has 0 unspecified atom stereocenters. The molecule has 0 spiro atoms. The minimum atomic E-state index is 0.823. The Morgan fingerprint density at radius 3 is 2.44 bits per heavy atom. The van der Waals surface area contributed by atoms with Crippen molar-refractivity contribution >= 4 is 8.70 Å². The van der Waals surface area contributed by atoms with Gasteiger partial charge >= 0.3 is 56.6 Å². The molecule has 0 aromatic heterocycles. The molecule has 0 amide bonds. The summed E-state index contributed by atoms with van der Waals surface area (Å²) >= 11 is 0. The summed E-state index contributed by atoms with van der Waals surface area (Å²) in [5.74, 6) is 0. The maximum atomic E-state index is 3.88. The molecule has 0 heterocycles. The van der Waals surface area contributed by atoms with Crippen molar-refractivity contribution in [3.05, 3.63) is 35.9 Å². The molecule has 44 valence electrons. The zero-order chi connectivity index (χ0) is 6.53. The van der Waals surface area contributed by atoms with Gasteiger partial charge in [-0.3, -0.25) is 0 Å². The Kier molecular flexibility index (Phi) is 2.51. The standard InChI is InChI=1S/C8H7P/c9-7-6-8-4-2-1-3-5-8/h1-5H,6H2. The first-order valence-electron chi connectivity index (χ1n) is 2.84. The summed E-state index contributed by atoms with van der Waals surface area (Å²) in [5.41, 5.74) is 4.04. The molecule has 0 saturated carbocycles. The molecule has 0 saturated heterocycles. The van der Waals surface area contributed by atoms with Crippen LogP contribution in [0.15, 0.2) is 30.3 Å². The van der Waals surface area contributed by atoms with Gasteiger partial charge < -0.3 is 0 Å². The molecule has 0 nitrogen and oxygen atoms in total. The van der Waals surface area contributed by atoms with E-state index in [1.807, 2.05) is 18.2 Å². The first-order chi connectivity index (χ1) is 4.43. The van der Waals surface area contributed by atoms with Gasteiger partial charge in [-0.2, -0.15) is 0 Å². The van der Waals surface area contributed by atoms with Gasteiger partial charge in [-0.05, 0) is 0 Å². The van der Waals surface area contributed by atoms with Gasteiger partial charge in [0.1, 0.15) is 0 Å². The third-order valence-corrected chi connectivity index (χ3v) is 1.28. The fraction of sp³-hybridized carbons (Fsp3) is 0.125. The van der Waals surface area contributed by atoms with Crippen molar-refractivity contribution < 1.29 is 0 Å². The Bertz CT molecular complexity index is 208. The summed E-state index contributed by atoms with van der Waals surface area (Å²) in [6.07, 6.45) is 0.823. The summed E-state index contributed by atoms with van der Waals surface area (Å²) in [5, 5.41) is 0. The molecule has 0 atom stereocenters. The molecule has 0 aliphatic carbocycles. The molecule has 1 rings (SSSR count). The number of hydrogen-bond donors (Lipinski definition) is 0. The molecule has 9 heavy (non-hydrogen) atoms. The van der Waals surface area contributed by atoms with Crippen LogP contribution in [0.5, 0.6) is 0 Å². The molecule has 0 fully saturated rings. The predicted octanol–water partition coefficient (Wildman–Crippen LogP) is 2.60. The van der Waals surface area contributed by atoms with Gasteiger partial charge in [-0.1, -0.05) is 0 Å². The fourth-order valence-electron chi connectivity index (χ4n) is 0.687. The Balaban J connectivity index is 2.76. The summed E-state index contributed by atoms with van der Waals surface area (Å²) in [4.78, 5) is 0. The quantitative estimate of drug-likeness (QED) is 0.518. The molecule has 0 bridgehead atoms. The molecule has 1 aromatic rings. The molecule has 1 heteroatoms. The van der Waals surface area contributed by atoms with Crippen LogP contribution in [0.25, 0.3) is 0 Å². The van der Waals surface area contributed by atoms with Crippen LogP contribution < -0.4 is 0 Å². The Hall–Kier alpha value is -0.570. The van der Waals surface area contributed by atoms with E-state index in [-0.39, 0.29) is 0 Å². The van der Waals surface area contributed by atoms with E-state index >= 15 is 0 Å². The first-order valence-corrected chi connectivity index (χ1v) is 3.29. The van der Waals surface area contributed by atoms with E-state index in [9.17, 15) is 0 Å². The van der Waals surface area contributed by atoms with E-state index in [1.165, 1.54) is 5.56 Å². The van der Waals surface area contributed by atoms with Crippen molar-refractivity contribution in [2.24, 2.45) is 0 Å². The molecule has 0 radical (unpaired) electrons. The van der Waals surface area contributed by atoms with Crippen molar-refractivity contribution in [2.45, 2.75) is 6.42 Å².